The van der Waals surface area contributed by atoms with Crippen molar-refractivity contribution in [2.24, 2.45) is 0 Å². The van der Waals surface area contributed by atoms with Crippen LogP contribution in [-0.2, 0) is 17.1 Å². The van der Waals surface area contributed by atoms with Gasteiger partial charge in [0.1, 0.15) is 5.82 Å². The third kappa shape index (κ3) is 5.37. The standard InChI is InChI=1S/C13H10F6N4OS/c1-6-20-11(23-22-6)25-5-10(24)21-9-3-7(12(14,15)16)2-8(4-9)13(17,18)19/h2-4H,5H2,1H3,(H,21,24)(H,20,22,23). The molecule has 1 heterocycles. The van der Waals surface area contributed by atoms with Crippen molar-refractivity contribution < 1.29 is 31.1 Å². The number of halogens is 6. The predicted octanol–water partition coefficient (Wildman–Crippen LogP) is 3.88. The Morgan fingerprint density at radius 2 is 1.68 bits per heavy atom. The first-order chi connectivity index (χ1) is 11.4. The number of amides is 1. The zero-order valence-electron chi connectivity index (χ0n) is 12.4. The molecule has 0 bridgehead atoms. The van der Waals surface area contributed by atoms with Crippen molar-refractivity contribution in [1.82, 2.24) is 15.2 Å². The molecule has 136 valence electrons. The average molecular weight is 384 g/mol. The number of alkyl halides is 6. The number of anilines is 1. The number of nitrogens with zero attached hydrogens (tertiary/aromatic N) is 2. The molecular weight excluding hydrogens is 374 g/mol. The van der Waals surface area contributed by atoms with Gasteiger partial charge in [0.05, 0.1) is 16.9 Å². The second-order valence-electron chi connectivity index (χ2n) is 4.83. The summed E-state index contributed by atoms with van der Waals surface area (Å²) in [6.45, 7) is 1.62. The van der Waals surface area contributed by atoms with E-state index in [4.69, 9.17) is 0 Å². The van der Waals surface area contributed by atoms with Crippen molar-refractivity contribution in [3.63, 3.8) is 0 Å². The lowest BCUT2D eigenvalue weighted by atomic mass is 10.1. The molecule has 25 heavy (non-hydrogen) atoms. The summed E-state index contributed by atoms with van der Waals surface area (Å²) >= 11 is 0.878. The molecule has 1 amide bonds. The van der Waals surface area contributed by atoms with E-state index in [2.05, 4.69) is 15.2 Å². The van der Waals surface area contributed by atoms with E-state index < -0.39 is 35.1 Å². The van der Waals surface area contributed by atoms with E-state index in [0.29, 0.717) is 18.0 Å². The van der Waals surface area contributed by atoms with Gasteiger partial charge in [0.15, 0.2) is 0 Å². The second kappa shape index (κ2) is 6.94. The van der Waals surface area contributed by atoms with Crippen LogP contribution in [0.5, 0.6) is 0 Å². The highest BCUT2D eigenvalue weighted by Gasteiger charge is 2.37. The van der Waals surface area contributed by atoms with Crippen molar-refractivity contribution in [1.29, 1.82) is 0 Å². The molecule has 5 nitrogen and oxygen atoms in total. The van der Waals surface area contributed by atoms with Gasteiger partial charge in [0, 0.05) is 5.69 Å². The van der Waals surface area contributed by atoms with Crippen molar-refractivity contribution in [3.05, 3.63) is 35.2 Å². The maximum atomic E-state index is 12.7. The van der Waals surface area contributed by atoms with E-state index in [0.717, 1.165) is 11.8 Å². The van der Waals surface area contributed by atoms with Gasteiger partial charge < -0.3 is 5.32 Å². The van der Waals surface area contributed by atoms with Gasteiger partial charge in [0.25, 0.3) is 0 Å². The van der Waals surface area contributed by atoms with Crippen LogP contribution in [0.4, 0.5) is 32.0 Å². The van der Waals surface area contributed by atoms with Gasteiger partial charge in [-0.05, 0) is 25.1 Å². The lowest BCUT2D eigenvalue weighted by molar-refractivity contribution is -0.143. The van der Waals surface area contributed by atoms with Gasteiger partial charge in [-0.15, -0.1) is 5.10 Å². The maximum Gasteiger partial charge on any atom is 0.416 e. The molecule has 0 aliphatic rings. The largest absolute Gasteiger partial charge is 0.416 e. The van der Waals surface area contributed by atoms with Gasteiger partial charge in [-0.3, -0.25) is 9.89 Å². The van der Waals surface area contributed by atoms with Crippen LogP contribution in [0.25, 0.3) is 0 Å². The molecule has 0 unspecified atom stereocenters. The SMILES string of the molecule is Cc1nc(SCC(=O)Nc2cc(C(F)(F)F)cc(C(F)(F)F)c2)n[nH]1. The molecule has 1 aromatic carbocycles. The minimum atomic E-state index is -4.98. The van der Waals surface area contributed by atoms with Crippen molar-refractivity contribution in [2.75, 3.05) is 11.1 Å². The fraction of sp³-hybridized carbons (Fsp3) is 0.308. The number of hydrogen-bond donors (Lipinski definition) is 2. The summed E-state index contributed by atoms with van der Waals surface area (Å²) in [5, 5.41) is 8.51. The molecule has 12 heteroatoms. The summed E-state index contributed by atoms with van der Waals surface area (Å²) in [5.41, 5.74) is -3.61. The van der Waals surface area contributed by atoms with Crippen molar-refractivity contribution in [3.8, 4) is 0 Å². The Morgan fingerprint density at radius 1 is 1.12 bits per heavy atom. The minimum Gasteiger partial charge on any atom is -0.325 e. The summed E-state index contributed by atoms with van der Waals surface area (Å²) in [6, 6.07) is 0.865. The second-order valence-corrected chi connectivity index (χ2v) is 5.78. The monoisotopic (exact) mass is 384 g/mol. The Balaban J connectivity index is 2.15. The average Bonchev–Trinajstić information content (AvgIpc) is 2.89. The highest BCUT2D eigenvalue weighted by molar-refractivity contribution is 7.99. The number of hydrogen-bond acceptors (Lipinski definition) is 4. The van der Waals surface area contributed by atoms with E-state index in [-0.39, 0.29) is 17.0 Å². The lowest BCUT2D eigenvalue weighted by Crippen LogP contribution is -2.17. The fourth-order valence-electron chi connectivity index (χ4n) is 1.74. The zero-order valence-corrected chi connectivity index (χ0v) is 13.2. The summed E-state index contributed by atoms with van der Waals surface area (Å²) < 4.78 is 76.4. The minimum absolute atomic E-state index is 0.0131. The molecule has 0 fully saturated rings. The van der Waals surface area contributed by atoms with Gasteiger partial charge in [-0.25, -0.2) is 4.98 Å². The Bertz CT molecular complexity index is 738. The molecule has 2 aromatic rings. The summed E-state index contributed by atoms with van der Waals surface area (Å²) in [6.07, 6.45) is -9.96. The molecule has 1 aromatic heterocycles. The number of thioether (sulfide) groups is 1. The Labute approximate surface area is 141 Å². The molecule has 0 saturated carbocycles. The summed E-state index contributed by atoms with van der Waals surface area (Å²) in [7, 11) is 0. The number of benzene rings is 1. The van der Waals surface area contributed by atoms with Crippen LogP contribution in [-0.4, -0.2) is 26.8 Å². The van der Waals surface area contributed by atoms with Crippen molar-refractivity contribution in [2.45, 2.75) is 24.4 Å². The Hall–Kier alpha value is -2.24. The molecule has 2 N–H and O–H groups in total. The lowest BCUT2D eigenvalue weighted by Gasteiger charge is -2.14. The number of aromatic nitrogens is 3. The number of rotatable bonds is 4. The van der Waals surface area contributed by atoms with Crippen LogP contribution in [0.15, 0.2) is 23.4 Å². The first-order valence-corrected chi connectivity index (χ1v) is 7.55. The molecule has 0 aliphatic carbocycles. The zero-order chi connectivity index (χ0) is 18.8. The molecule has 2 rings (SSSR count). The van der Waals surface area contributed by atoms with Crippen LogP contribution in [0.2, 0.25) is 0 Å². The fourth-order valence-corrected chi connectivity index (χ4v) is 2.39. The van der Waals surface area contributed by atoms with Crippen LogP contribution in [0.3, 0.4) is 0 Å². The Morgan fingerprint density at radius 3 is 2.12 bits per heavy atom. The molecular formula is C13H10F6N4OS. The first kappa shape index (κ1) is 19.1. The summed E-state index contributed by atoms with van der Waals surface area (Å²) in [4.78, 5) is 15.7. The van der Waals surface area contributed by atoms with Gasteiger partial charge >= 0.3 is 12.4 Å². The number of carbonyl (C=O) groups excluding carboxylic acids is 1. The third-order valence-corrected chi connectivity index (χ3v) is 3.63. The molecule has 0 spiro atoms. The topological polar surface area (TPSA) is 70.7 Å². The van der Waals surface area contributed by atoms with Gasteiger partial charge in [-0.1, -0.05) is 11.8 Å². The number of H-pyrrole nitrogens is 1. The quantitative estimate of drug-likeness (QED) is 0.620. The highest BCUT2D eigenvalue weighted by Crippen LogP contribution is 2.37. The van der Waals surface area contributed by atoms with Gasteiger partial charge in [-0.2, -0.15) is 26.3 Å². The van der Waals surface area contributed by atoms with E-state index in [1.54, 1.807) is 6.92 Å². The van der Waals surface area contributed by atoms with E-state index in [9.17, 15) is 31.1 Å². The highest BCUT2D eigenvalue weighted by atomic mass is 32.2. The van der Waals surface area contributed by atoms with Crippen LogP contribution >= 0.6 is 11.8 Å². The van der Waals surface area contributed by atoms with Crippen LogP contribution in [0, 0.1) is 6.92 Å². The van der Waals surface area contributed by atoms with Crippen LogP contribution in [0.1, 0.15) is 17.0 Å². The van der Waals surface area contributed by atoms with E-state index >= 15 is 0 Å². The van der Waals surface area contributed by atoms with Crippen LogP contribution < -0.4 is 5.32 Å². The van der Waals surface area contributed by atoms with E-state index in [1.807, 2.05) is 5.32 Å². The number of aryl methyl sites for hydroxylation is 1. The number of nitrogens with one attached hydrogen (secondary N) is 2. The molecule has 0 aliphatic heterocycles. The third-order valence-electron chi connectivity index (χ3n) is 2.78. The number of aromatic amines is 1. The smallest absolute Gasteiger partial charge is 0.325 e. The Kier molecular flexibility index (Phi) is 5.30. The van der Waals surface area contributed by atoms with Gasteiger partial charge in [0.2, 0.25) is 11.1 Å². The first-order valence-electron chi connectivity index (χ1n) is 6.56. The maximum absolute atomic E-state index is 12.7. The van der Waals surface area contributed by atoms with E-state index in [1.165, 1.54) is 0 Å². The number of carbonyl (C=O) groups is 1. The normalized spacial score (nSPS) is 12.3. The molecule has 0 saturated heterocycles. The predicted molar refractivity (Wildman–Crippen MR) is 76.9 cm³/mol. The molecule has 0 atom stereocenters. The molecule has 0 radical (unpaired) electrons. The van der Waals surface area contributed by atoms with Crippen molar-refractivity contribution >= 4 is 23.4 Å². The summed E-state index contributed by atoms with van der Waals surface area (Å²) in [5.74, 6) is -0.579.